The number of aryl methyl sites for hydroxylation is 2. The fraction of sp³-hybridized carbons (Fsp3) is 0.333. The molecule has 1 aliphatic rings. The number of ether oxygens (including phenoxy) is 1. The summed E-state index contributed by atoms with van der Waals surface area (Å²) in [7, 11) is 1.62. The Bertz CT molecular complexity index is 1120. The number of aromatic nitrogens is 2. The SMILES string of the molecule is COc1ccc(CC(=O)N2CCN(C(=O)c3ccc4nc(C)c(C)nc4c3)CC2)cc1. The third-order valence-electron chi connectivity index (χ3n) is 5.76. The molecule has 1 saturated heterocycles. The van der Waals surface area contributed by atoms with Crippen LogP contribution in [0.1, 0.15) is 27.3 Å². The van der Waals surface area contributed by atoms with Gasteiger partial charge in [0, 0.05) is 31.7 Å². The molecule has 2 heterocycles. The summed E-state index contributed by atoms with van der Waals surface area (Å²) in [5.74, 6) is 0.807. The fourth-order valence-corrected chi connectivity index (χ4v) is 3.74. The van der Waals surface area contributed by atoms with Crippen molar-refractivity contribution in [2.24, 2.45) is 0 Å². The van der Waals surface area contributed by atoms with Gasteiger partial charge in [0.05, 0.1) is 36.0 Å². The summed E-state index contributed by atoms with van der Waals surface area (Å²) in [6.07, 6.45) is 0.347. The number of carbonyl (C=O) groups excluding carboxylic acids is 2. The van der Waals surface area contributed by atoms with E-state index in [1.54, 1.807) is 24.1 Å². The predicted octanol–water partition coefficient (Wildman–Crippen LogP) is 2.78. The second kappa shape index (κ2) is 8.71. The van der Waals surface area contributed by atoms with Crippen LogP contribution in [0.15, 0.2) is 42.5 Å². The lowest BCUT2D eigenvalue weighted by molar-refractivity contribution is -0.131. The maximum atomic E-state index is 13.0. The van der Waals surface area contributed by atoms with Crippen molar-refractivity contribution < 1.29 is 14.3 Å². The molecule has 3 aromatic rings. The van der Waals surface area contributed by atoms with Crippen molar-refractivity contribution in [3.8, 4) is 5.75 Å². The van der Waals surface area contributed by atoms with Gasteiger partial charge in [-0.05, 0) is 49.7 Å². The largest absolute Gasteiger partial charge is 0.497 e. The summed E-state index contributed by atoms with van der Waals surface area (Å²) in [6.45, 7) is 5.95. The lowest BCUT2D eigenvalue weighted by Gasteiger charge is -2.35. The van der Waals surface area contributed by atoms with Gasteiger partial charge >= 0.3 is 0 Å². The van der Waals surface area contributed by atoms with E-state index in [1.807, 2.05) is 49.1 Å². The van der Waals surface area contributed by atoms with Gasteiger partial charge in [-0.25, -0.2) is 9.97 Å². The molecule has 160 valence electrons. The number of fused-ring (bicyclic) bond motifs is 1. The van der Waals surface area contributed by atoms with E-state index in [1.165, 1.54) is 0 Å². The number of hydrogen-bond donors (Lipinski definition) is 0. The summed E-state index contributed by atoms with van der Waals surface area (Å²) in [5.41, 5.74) is 4.81. The molecule has 0 radical (unpaired) electrons. The molecule has 31 heavy (non-hydrogen) atoms. The van der Waals surface area contributed by atoms with Crippen LogP contribution < -0.4 is 4.74 Å². The van der Waals surface area contributed by atoms with Crippen molar-refractivity contribution in [3.05, 3.63) is 65.0 Å². The third-order valence-corrected chi connectivity index (χ3v) is 5.76. The molecule has 0 atom stereocenters. The van der Waals surface area contributed by atoms with Crippen molar-refractivity contribution in [1.29, 1.82) is 0 Å². The monoisotopic (exact) mass is 418 g/mol. The van der Waals surface area contributed by atoms with E-state index in [0.29, 0.717) is 38.2 Å². The molecule has 2 aromatic carbocycles. The second-order valence-electron chi connectivity index (χ2n) is 7.80. The molecule has 1 aliphatic heterocycles. The van der Waals surface area contributed by atoms with Gasteiger partial charge in [-0.2, -0.15) is 0 Å². The molecule has 7 nitrogen and oxygen atoms in total. The zero-order valence-corrected chi connectivity index (χ0v) is 18.1. The number of nitrogens with zero attached hydrogens (tertiary/aromatic N) is 4. The highest BCUT2D eigenvalue weighted by Gasteiger charge is 2.25. The van der Waals surface area contributed by atoms with Crippen molar-refractivity contribution in [2.45, 2.75) is 20.3 Å². The van der Waals surface area contributed by atoms with Crippen molar-refractivity contribution >= 4 is 22.8 Å². The van der Waals surface area contributed by atoms with E-state index in [2.05, 4.69) is 9.97 Å². The number of methoxy groups -OCH3 is 1. The number of amides is 2. The van der Waals surface area contributed by atoms with Crippen molar-refractivity contribution in [3.63, 3.8) is 0 Å². The predicted molar refractivity (Wildman–Crippen MR) is 118 cm³/mol. The minimum absolute atomic E-state index is 0.0378. The first kappa shape index (κ1) is 20.8. The maximum Gasteiger partial charge on any atom is 0.254 e. The second-order valence-corrected chi connectivity index (χ2v) is 7.80. The summed E-state index contributed by atoms with van der Waals surface area (Å²) < 4.78 is 5.16. The van der Waals surface area contributed by atoms with Crippen LogP contribution in [-0.4, -0.2) is 64.9 Å². The fourth-order valence-electron chi connectivity index (χ4n) is 3.74. The number of hydrogen-bond acceptors (Lipinski definition) is 5. The first-order valence-electron chi connectivity index (χ1n) is 10.4. The zero-order valence-electron chi connectivity index (χ0n) is 18.1. The van der Waals surface area contributed by atoms with Crippen LogP contribution in [0, 0.1) is 13.8 Å². The van der Waals surface area contributed by atoms with Crippen LogP contribution in [0.4, 0.5) is 0 Å². The normalized spacial score (nSPS) is 14.0. The molecule has 1 fully saturated rings. The van der Waals surface area contributed by atoms with E-state index >= 15 is 0 Å². The lowest BCUT2D eigenvalue weighted by atomic mass is 10.1. The minimum atomic E-state index is -0.0378. The Kier molecular flexibility index (Phi) is 5.84. The Labute approximate surface area is 181 Å². The van der Waals surface area contributed by atoms with Crippen LogP contribution in [0.5, 0.6) is 5.75 Å². The van der Waals surface area contributed by atoms with E-state index in [-0.39, 0.29) is 11.8 Å². The van der Waals surface area contributed by atoms with Crippen LogP contribution in [0.25, 0.3) is 11.0 Å². The number of benzene rings is 2. The lowest BCUT2D eigenvalue weighted by Crippen LogP contribution is -2.51. The molecule has 0 bridgehead atoms. The van der Waals surface area contributed by atoms with E-state index in [9.17, 15) is 9.59 Å². The van der Waals surface area contributed by atoms with E-state index in [0.717, 1.165) is 33.7 Å². The molecule has 1 aromatic heterocycles. The number of carbonyl (C=O) groups is 2. The Morgan fingerprint density at radius 1 is 0.871 bits per heavy atom. The first-order valence-corrected chi connectivity index (χ1v) is 10.4. The summed E-state index contributed by atoms with van der Waals surface area (Å²) in [6, 6.07) is 13.0. The molecule has 0 aliphatic carbocycles. The summed E-state index contributed by atoms with van der Waals surface area (Å²) in [4.78, 5) is 38.3. The van der Waals surface area contributed by atoms with Gasteiger partial charge in [-0.15, -0.1) is 0 Å². The van der Waals surface area contributed by atoms with Gasteiger partial charge in [0.2, 0.25) is 5.91 Å². The van der Waals surface area contributed by atoms with Gasteiger partial charge in [-0.3, -0.25) is 9.59 Å². The Morgan fingerprint density at radius 2 is 1.48 bits per heavy atom. The Balaban J connectivity index is 1.37. The van der Waals surface area contributed by atoms with Crippen LogP contribution in [-0.2, 0) is 11.2 Å². The summed E-state index contributed by atoms with van der Waals surface area (Å²) >= 11 is 0. The Morgan fingerprint density at radius 3 is 2.13 bits per heavy atom. The molecule has 2 amide bonds. The van der Waals surface area contributed by atoms with Gasteiger partial charge in [-0.1, -0.05) is 12.1 Å². The van der Waals surface area contributed by atoms with Gasteiger partial charge < -0.3 is 14.5 Å². The average molecular weight is 418 g/mol. The quantitative estimate of drug-likeness (QED) is 0.651. The Hall–Kier alpha value is -3.48. The van der Waals surface area contributed by atoms with Crippen LogP contribution in [0.3, 0.4) is 0 Å². The highest BCUT2D eigenvalue weighted by atomic mass is 16.5. The zero-order chi connectivity index (χ0) is 22.0. The summed E-state index contributed by atoms with van der Waals surface area (Å²) in [5, 5.41) is 0. The molecular formula is C24H26N4O3. The van der Waals surface area contributed by atoms with Crippen LogP contribution in [0.2, 0.25) is 0 Å². The van der Waals surface area contributed by atoms with Crippen LogP contribution >= 0.6 is 0 Å². The maximum absolute atomic E-state index is 13.0. The molecular weight excluding hydrogens is 392 g/mol. The van der Waals surface area contributed by atoms with E-state index in [4.69, 9.17) is 4.74 Å². The van der Waals surface area contributed by atoms with E-state index < -0.39 is 0 Å². The van der Waals surface area contributed by atoms with Gasteiger partial charge in [0.15, 0.2) is 0 Å². The highest BCUT2D eigenvalue weighted by molar-refractivity contribution is 5.97. The molecule has 7 heteroatoms. The molecule has 0 spiro atoms. The highest BCUT2D eigenvalue weighted by Crippen LogP contribution is 2.17. The third kappa shape index (κ3) is 4.50. The molecule has 0 unspecified atom stereocenters. The minimum Gasteiger partial charge on any atom is -0.497 e. The number of piperazine rings is 1. The van der Waals surface area contributed by atoms with Crippen molar-refractivity contribution in [1.82, 2.24) is 19.8 Å². The number of rotatable bonds is 4. The van der Waals surface area contributed by atoms with Gasteiger partial charge in [0.25, 0.3) is 5.91 Å². The smallest absolute Gasteiger partial charge is 0.254 e. The molecule has 4 rings (SSSR count). The standard InChI is InChI=1S/C24H26N4O3/c1-16-17(2)26-22-15-19(6-9-21(22)25-16)24(30)28-12-10-27(11-13-28)23(29)14-18-4-7-20(31-3)8-5-18/h4-9,15H,10-14H2,1-3H3. The molecule has 0 saturated carbocycles. The molecule has 0 N–H and O–H groups in total. The van der Waals surface area contributed by atoms with Crippen molar-refractivity contribution in [2.75, 3.05) is 33.3 Å². The topological polar surface area (TPSA) is 75.6 Å². The average Bonchev–Trinajstić information content (AvgIpc) is 2.79. The first-order chi connectivity index (χ1) is 14.9. The van der Waals surface area contributed by atoms with Gasteiger partial charge in [0.1, 0.15) is 5.75 Å².